The number of carbonyl (C=O) groups is 1. The number of nitrogens with one attached hydrogen (secondary N) is 1. The van der Waals surface area contributed by atoms with E-state index in [1.807, 2.05) is 45.0 Å². The molecule has 4 heterocycles. The van der Waals surface area contributed by atoms with Crippen LogP contribution >= 0.6 is 0 Å². The maximum absolute atomic E-state index is 12.6. The highest BCUT2D eigenvalue weighted by atomic mass is 16.5. The van der Waals surface area contributed by atoms with Crippen LogP contribution in [0.2, 0.25) is 0 Å². The lowest BCUT2D eigenvalue weighted by atomic mass is 9.87. The molecule has 164 valence electrons. The van der Waals surface area contributed by atoms with Gasteiger partial charge in [0.2, 0.25) is 5.91 Å². The molecule has 0 spiro atoms. The molecule has 5 rings (SSSR count). The quantitative estimate of drug-likeness (QED) is 0.515. The van der Waals surface area contributed by atoms with Gasteiger partial charge >= 0.3 is 0 Å². The SMILES string of the molecule is COc1cc(C2CC(=O)Nc3c2cnn3-c2ccc3nnc(C)n3n2)ccc1OC(C)C. The molecule has 1 amide bonds. The monoisotopic (exact) mass is 433 g/mol. The van der Waals surface area contributed by atoms with Gasteiger partial charge in [-0.2, -0.15) is 14.3 Å². The second kappa shape index (κ2) is 7.63. The highest BCUT2D eigenvalue weighted by Gasteiger charge is 2.31. The van der Waals surface area contributed by atoms with E-state index in [0.717, 1.165) is 11.1 Å². The van der Waals surface area contributed by atoms with Crippen LogP contribution < -0.4 is 14.8 Å². The van der Waals surface area contributed by atoms with Gasteiger partial charge in [-0.05, 0) is 50.6 Å². The van der Waals surface area contributed by atoms with Gasteiger partial charge in [0.15, 0.2) is 28.8 Å². The smallest absolute Gasteiger partial charge is 0.226 e. The van der Waals surface area contributed by atoms with Crippen LogP contribution in [0.15, 0.2) is 36.5 Å². The summed E-state index contributed by atoms with van der Waals surface area (Å²) in [5, 5.41) is 20.2. The number of benzene rings is 1. The lowest BCUT2D eigenvalue weighted by Crippen LogP contribution is -2.25. The van der Waals surface area contributed by atoms with Crippen molar-refractivity contribution in [2.75, 3.05) is 12.4 Å². The number of carbonyl (C=O) groups excluding carboxylic acids is 1. The van der Waals surface area contributed by atoms with Gasteiger partial charge in [0.1, 0.15) is 5.82 Å². The summed E-state index contributed by atoms with van der Waals surface area (Å²) >= 11 is 0. The van der Waals surface area contributed by atoms with E-state index in [2.05, 4.69) is 25.7 Å². The number of anilines is 1. The average Bonchev–Trinajstić information content (AvgIpc) is 3.36. The number of nitrogens with zero attached hydrogens (tertiary/aromatic N) is 6. The van der Waals surface area contributed by atoms with Crippen LogP contribution in [0.5, 0.6) is 11.5 Å². The van der Waals surface area contributed by atoms with Crippen LogP contribution in [0.4, 0.5) is 5.82 Å². The van der Waals surface area contributed by atoms with E-state index < -0.39 is 0 Å². The van der Waals surface area contributed by atoms with E-state index in [1.165, 1.54) is 0 Å². The number of hydrogen-bond acceptors (Lipinski definition) is 7. The van der Waals surface area contributed by atoms with Gasteiger partial charge in [0.05, 0.1) is 19.4 Å². The summed E-state index contributed by atoms with van der Waals surface area (Å²) < 4.78 is 14.6. The van der Waals surface area contributed by atoms with Gasteiger partial charge < -0.3 is 14.8 Å². The first kappa shape index (κ1) is 20.0. The summed E-state index contributed by atoms with van der Waals surface area (Å²) in [4.78, 5) is 12.6. The molecule has 32 heavy (non-hydrogen) atoms. The summed E-state index contributed by atoms with van der Waals surface area (Å²) in [6.45, 7) is 5.76. The Kier molecular flexibility index (Phi) is 4.76. The Morgan fingerprint density at radius 2 is 2.00 bits per heavy atom. The third-order valence-electron chi connectivity index (χ3n) is 5.39. The summed E-state index contributed by atoms with van der Waals surface area (Å²) in [6.07, 6.45) is 2.11. The van der Waals surface area contributed by atoms with Gasteiger partial charge in [-0.3, -0.25) is 4.79 Å². The molecule has 0 fully saturated rings. The van der Waals surface area contributed by atoms with Gasteiger partial charge in [0, 0.05) is 17.9 Å². The van der Waals surface area contributed by atoms with E-state index in [4.69, 9.17) is 9.47 Å². The van der Waals surface area contributed by atoms with E-state index in [0.29, 0.717) is 41.0 Å². The number of hydrogen-bond donors (Lipinski definition) is 1. The first-order valence-corrected chi connectivity index (χ1v) is 10.4. The molecule has 4 aromatic rings. The number of methoxy groups -OCH3 is 1. The van der Waals surface area contributed by atoms with Crippen molar-refractivity contribution in [3.63, 3.8) is 0 Å². The minimum Gasteiger partial charge on any atom is -0.493 e. The number of aryl methyl sites for hydroxylation is 1. The number of ether oxygens (including phenoxy) is 2. The maximum atomic E-state index is 12.6. The Morgan fingerprint density at radius 3 is 2.78 bits per heavy atom. The van der Waals surface area contributed by atoms with Crippen LogP contribution in [0.25, 0.3) is 11.5 Å². The van der Waals surface area contributed by atoms with Crippen molar-refractivity contribution in [1.29, 1.82) is 0 Å². The van der Waals surface area contributed by atoms with Crippen LogP contribution in [0.1, 0.15) is 43.1 Å². The molecule has 10 heteroatoms. The fourth-order valence-electron chi connectivity index (χ4n) is 3.94. The predicted molar refractivity (Wildman–Crippen MR) is 116 cm³/mol. The van der Waals surface area contributed by atoms with Crippen LogP contribution in [0, 0.1) is 6.92 Å². The number of rotatable bonds is 5. The predicted octanol–water partition coefficient (Wildman–Crippen LogP) is 2.89. The molecule has 1 aromatic carbocycles. The van der Waals surface area contributed by atoms with Gasteiger partial charge in [0.25, 0.3) is 0 Å². The fourth-order valence-corrected chi connectivity index (χ4v) is 3.94. The lowest BCUT2D eigenvalue weighted by molar-refractivity contribution is -0.116. The zero-order chi connectivity index (χ0) is 22.4. The molecule has 0 aliphatic carbocycles. The van der Waals surface area contributed by atoms with Crippen LogP contribution in [-0.4, -0.2) is 48.7 Å². The van der Waals surface area contributed by atoms with E-state index >= 15 is 0 Å². The van der Waals surface area contributed by atoms with Crippen molar-refractivity contribution in [3.8, 4) is 17.3 Å². The summed E-state index contributed by atoms with van der Waals surface area (Å²) in [5.41, 5.74) is 2.50. The van der Waals surface area contributed by atoms with Crippen molar-refractivity contribution in [3.05, 3.63) is 53.5 Å². The van der Waals surface area contributed by atoms with E-state index in [9.17, 15) is 4.79 Å². The molecule has 10 nitrogen and oxygen atoms in total. The summed E-state index contributed by atoms with van der Waals surface area (Å²) in [7, 11) is 1.61. The Balaban J connectivity index is 1.56. The summed E-state index contributed by atoms with van der Waals surface area (Å²) in [5.74, 6) is 2.87. The molecule has 1 N–H and O–H groups in total. The zero-order valence-electron chi connectivity index (χ0n) is 18.2. The third kappa shape index (κ3) is 3.33. The topological polar surface area (TPSA) is 108 Å². The molecule has 0 saturated heterocycles. The van der Waals surface area contributed by atoms with Crippen molar-refractivity contribution in [1.82, 2.24) is 29.6 Å². The highest BCUT2D eigenvalue weighted by molar-refractivity contribution is 5.94. The normalized spacial score (nSPS) is 15.7. The number of fused-ring (bicyclic) bond motifs is 2. The average molecular weight is 433 g/mol. The lowest BCUT2D eigenvalue weighted by Gasteiger charge is -2.24. The molecule has 1 aliphatic rings. The molecule has 1 atom stereocenters. The van der Waals surface area contributed by atoms with Gasteiger partial charge in [-0.1, -0.05) is 6.07 Å². The van der Waals surface area contributed by atoms with Crippen LogP contribution in [-0.2, 0) is 4.79 Å². The zero-order valence-corrected chi connectivity index (χ0v) is 18.2. The molecule has 0 radical (unpaired) electrons. The van der Waals surface area contributed by atoms with Gasteiger partial charge in [-0.25, -0.2) is 0 Å². The standard InChI is InChI=1S/C22H23N7O3/c1-12(2)32-17-6-5-14(9-18(17)31-4)15-10-21(30)24-22-16(15)11-23-29(22)20-8-7-19-26-25-13(3)28(19)27-20/h5-9,11-12,15H,10H2,1-4H3,(H,24,30). The number of amides is 1. The minimum absolute atomic E-state index is 0.0271. The Bertz CT molecular complexity index is 1320. The van der Waals surface area contributed by atoms with Crippen molar-refractivity contribution in [2.24, 2.45) is 0 Å². The highest BCUT2D eigenvalue weighted by Crippen LogP contribution is 2.40. The van der Waals surface area contributed by atoms with E-state index in [-0.39, 0.29) is 17.9 Å². The molecule has 3 aromatic heterocycles. The molecule has 0 bridgehead atoms. The molecular weight excluding hydrogens is 410 g/mol. The first-order valence-electron chi connectivity index (χ1n) is 10.4. The second-order valence-electron chi connectivity index (χ2n) is 7.95. The maximum Gasteiger partial charge on any atom is 0.226 e. The van der Waals surface area contributed by atoms with Crippen molar-refractivity contribution < 1.29 is 14.3 Å². The summed E-state index contributed by atoms with van der Waals surface area (Å²) in [6, 6.07) is 9.39. The molecule has 1 unspecified atom stereocenters. The van der Waals surface area contributed by atoms with Crippen molar-refractivity contribution in [2.45, 2.75) is 39.2 Å². The van der Waals surface area contributed by atoms with Crippen molar-refractivity contribution >= 4 is 17.4 Å². The molecule has 1 aliphatic heterocycles. The largest absolute Gasteiger partial charge is 0.493 e. The minimum atomic E-state index is -0.171. The second-order valence-corrected chi connectivity index (χ2v) is 7.95. The molecular formula is C22H23N7O3. The third-order valence-corrected chi connectivity index (χ3v) is 5.39. The molecule has 0 saturated carbocycles. The van der Waals surface area contributed by atoms with Crippen LogP contribution in [0.3, 0.4) is 0 Å². The Labute approximate surface area is 184 Å². The Morgan fingerprint density at radius 1 is 1.16 bits per heavy atom. The number of aromatic nitrogens is 6. The van der Waals surface area contributed by atoms with E-state index in [1.54, 1.807) is 28.6 Å². The first-order chi connectivity index (χ1) is 15.4. The Hall–Kier alpha value is -3.95. The fraction of sp³-hybridized carbons (Fsp3) is 0.318. The van der Waals surface area contributed by atoms with Gasteiger partial charge in [-0.15, -0.1) is 15.3 Å².